The van der Waals surface area contributed by atoms with Gasteiger partial charge in [-0.15, -0.1) is 0 Å². The molecule has 0 aliphatic carbocycles. The lowest BCUT2D eigenvalue weighted by Gasteiger charge is -2.10. The monoisotopic (exact) mass is 196 g/mol. The first-order valence-corrected chi connectivity index (χ1v) is 4.52. The predicted octanol–water partition coefficient (Wildman–Crippen LogP) is -0.124. The van der Waals surface area contributed by atoms with Crippen LogP contribution in [0.1, 0.15) is 5.82 Å². The van der Waals surface area contributed by atoms with Gasteiger partial charge in [0.25, 0.3) is 0 Å². The van der Waals surface area contributed by atoms with E-state index in [1.54, 1.807) is 12.3 Å². The van der Waals surface area contributed by atoms with E-state index in [-0.39, 0.29) is 0 Å². The second-order valence-electron chi connectivity index (χ2n) is 3.17. The highest BCUT2D eigenvalue weighted by atomic mass is 16.5. The summed E-state index contributed by atoms with van der Waals surface area (Å²) in [7, 11) is 3.99. The number of likely N-dealkylation sites (N-methyl/N-ethyl adjacent to an activating group) is 1. The smallest absolute Gasteiger partial charge is 0.216 e. The number of hydrogen-bond donors (Lipinski definition) is 1. The summed E-state index contributed by atoms with van der Waals surface area (Å²) in [5.41, 5.74) is 5.41. The van der Waals surface area contributed by atoms with Gasteiger partial charge in [0, 0.05) is 18.8 Å². The van der Waals surface area contributed by atoms with E-state index in [0.29, 0.717) is 24.9 Å². The van der Waals surface area contributed by atoms with Crippen LogP contribution >= 0.6 is 0 Å². The molecule has 5 nitrogen and oxygen atoms in total. The molecule has 1 aromatic heterocycles. The Morgan fingerprint density at radius 3 is 2.93 bits per heavy atom. The zero-order valence-corrected chi connectivity index (χ0v) is 8.60. The Balaban J connectivity index is 2.42. The van der Waals surface area contributed by atoms with Gasteiger partial charge in [-0.25, -0.2) is 4.98 Å². The molecule has 0 amide bonds. The zero-order valence-electron chi connectivity index (χ0n) is 8.60. The molecule has 0 radical (unpaired) electrons. The normalized spacial score (nSPS) is 10.6. The fraction of sp³-hybridized carbons (Fsp3) is 0.556. The molecule has 0 saturated heterocycles. The Morgan fingerprint density at radius 1 is 1.50 bits per heavy atom. The molecule has 0 saturated carbocycles. The van der Waals surface area contributed by atoms with Crippen molar-refractivity contribution in [2.75, 3.05) is 27.2 Å². The molecule has 1 heterocycles. The van der Waals surface area contributed by atoms with Crippen LogP contribution in [0, 0.1) is 0 Å². The molecular formula is C9H16N4O. The van der Waals surface area contributed by atoms with Crippen molar-refractivity contribution in [2.45, 2.75) is 6.54 Å². The van der Waals surface area contributed by atoms with Crippen molar-refractivity contribution in [3.05, 3.63) is 18.1 Å². The highest BCUT2D eigenvalue weighted by Crippen LogP contribution is 2.04. The van der Waals surface area contributed by atoms with Crippen molar-refractivity contribution >= 4 is 0 Å². The lowest BCUT2D eigenvalue weighted by atomic mass is 10.5. The molecular weight excluding hydrogens is 180 g/mol. The van der Waals surface area contributed by atoms with Crippen molar-refractivity contribution in [2.24, 2.45) is 5.73 Å². The molecule has 0 aliphatic heterocycles. The van der Waals surface area contributed by atoms with E-state index in [1.807, 2.05) is 19.0 Å². The molecule has 78 valence electrons. The summed E-state index contributed by atoms with van der Waals surface area (Å²) < 4.78 is 5.41. The molecule has 1 rings (SSSR count). The third-order valence-electron chi connectivity index (χ3n) is 1.65. The summed E-state index contributed by atoms with van der Waals surface area (Å²) in [5, 5.41) is 0. The first-order chi connectivity index (χ1) is 6.72. The van der Waals surface area contributed by atoms with Gasteiger partial charge < -0.3 is 15.4 Å². The van der Waals surface area contributed by atoms with Gasteiger partial charge in [0.05, 0.1) is 6.54 Å². The average molecular weight is 196 g/mol. The molecule has 14 heavy (non-hydrogen) atoms. The maximum absolute atomic E-state index is 5.41. The van der Waals surface area contributed by atoms with E-state index in [2.05, 4.69) is 9.97 Å². The zero-order chi connectivity index (χ0) is 10.4. The number of ether oxygens (including phenoxy) is 1. The van der Waals surface area contributed by atoms with E-state index in [4.69, 9.17) is 10.5 Å². The molecule has 0 aliphatic rings. The SMILES string of the molecule is CN(C)CCOc1ccnc(CN)n1. The van der Waals surface area contributed by atoms with E-state index in [0.717, 1.165) is 6.54 Å². The van der Waals surface area contributed by atoms with Crippen LogP contribution in [-0.4, -0.2) is 42.1 Å². The molecule has 2 N–H and O–H groups in total. The number of nitrogens with zero attached hydrogens (tertiary/aromatic N) is 3. The number of aromatic nitrogens is 2. The maximum atomic E-state index is 5.41. The van der Waals surface area contributed by atoms with Gasteiger partial charge in [-0.2, -0.15) is 4.98 Å². The topological polar surface area (TPSA) is 64.3 Å². The fourth-order valence-electron chi connectivity index (χ4n) is 0.892. The summed E-state index contributed by atoms with van der Waals surface area (Å²) in [4.78, 5) is 10.1. The molecule has 1 aromatic rings. The van der Waals surface area contributed by atoms with Gasteiger partial charge >= 0.3 is 0 Å². The van der Waals surface area contributed by atoms with Crippen molar-refractivity contribution < 1.29 is 4.74 Å². The Kier molecular flexibility index (Phi) is 4.28. The molecule has 0 spiro atoms. The third kappa shape index (κ3) is 3.68. The lowest BCUT2D eigenvalue weighted by molar-refractivity contribution is 0.253. The second kappa shape index (κ2) is 5.51. The molecule has 0 bridgehead atoms. The van der Waals surface area contributed by atoms with Crippen LogP contribution in [-0.2, 0) is 6.54 Å². The van der Waals surface area contributed by atoms with E-state index < -0.39 is 0 Å². The highest BCUT2D eigenvalue weighted by molar-refractivity contribution is 5.08. The van der Waals surface area contributed by atoms with Crippen molar-refractivity contribution in [1.82, 2.24) is 14.9 Å². The molecule has 0 atom stereocenters. The van der Waals surface area contributed by atoms with Crippen LogP contribution < -0.4 is 10.5 Å². The Morgan fingerprint density at radius 2 is 2.29 bits per heavy atom. The second-order valence-corrected chi connectivity index (χ2v) is 3.17. The maximum Gasteiger partial charge on any atom is 0.216 e. The molecule has 5 heteroatoms. The van der Waals surface area contributed by atoms with Gasteiger partial charge in [0.2, 0.25) is 5.88 Å². The summed E-state index contributed by atoms with van der Waals surface area (Å²) in [6.07, 6.45) is 1.65. The number of nitrogens with two attached hydrogens (primary N) is 1. The lowest BCUT2D eigenvalue weighted by Crippen LogP contribution is -2.19. The van der Waals surface area contributed by atoms with Gasteiger partial charge in [0.1, 0.15) is 12.4 Å². The van der Waals surface area contributed by atoms with Crippen molar-refractivity contribution in [3.8, 4) is 5.88 Å². The van der Waals surface area contributed by atoms with Crippen LogP contribution in [0.15, 0.2) is 12.3 Å². The summed E-state index contributed by atoms with van der Waals surface area (Å²) in [6.45, 7) is 1.82. The van der Waals surface area contributed by atoms with Gasteiger partial charge in [-0.05, 0) is 14.1 Å². The minimum atomic E-state index is 0.338. The third-order valence-corrected chi connectivity index (χ3v) is 1.65. The summed E-state index contributed by atoms with van der Waals surface area (Å²) in [6, 6.07) is 1.73. The van der Waals surface area contributed by atoms with Gasteiger partial charge in [-0.1, -0.05) is 0 Å². The van der Waals surface area contributed by atoms with Crippen molar-refractivity contribution in [3.63, 3.8) is 0 Å². The fourth-order valence-corrected chi connectivity index (χ4v) is 0.892. The Labute approximate surface area is 83.9 Å². The van der Waals surface area contributed by atoms with Gasteiger partial charge in [0.15, 0.2) is 0 Å². The predicted molar refractivity (Wildman–Crippen MR) is 54.0 cm³/mol. The minimum Gasteiger partial charge on any atom is -0.476 e. The highest BCUT2D eigenvalue weighted by Gasteiger charge is 1.98. The summed E-state index contributed by atoms with van der Waals surface area (Å²) in [5.74, 6) is 1.19. The average Bonchev–Trinajstić information content (AvgIpc) is 2.18. The molecule has 0 aromatic carbocycles. The molecule has 0 unspecified atom stereocenters. The van der Waals surface area contributed by atoms with Gasteiger partial charge in [-0.3, -0.25) is 0 Å². The first-order valence-electron chi connectivity index (χ1n) is 4.52. The molecule has 0 fully saturated rings. The Bertz CT molecular complexity index is 277. The van der Waals surface area contributed by atoms with E-state index in [1.165, 1.54) is 0 Å². The largest absolute Gasteiger partial charge is 0.476 e. The Hall–Kier alpha value is -1.20. The number of rotatable bonds is 5. The van der Waals surface area contributed by atoms with Crippen LogP contribution in [0.2, 0.25) is 0 Å². The standard InChI is InChI=1S/C9H16N4O/c1-13(2)5-6-14-9-3-4-11-8(7-10)12-9/h3-4H,5-7,10H2,1-2H3. The first kappa shape index (κ1) is 10.9. The summed E-state index contributed by atoms with van der Waals surface area (Å²) >= 11 is 0. The number of hydrogen-bond acceptors (Lipinski definition) is 5. The van der Waals surface area contributed by atoms with Crippen LogP contribution in [0.5, 0.6) is 5.88 Å². The van der Waals surface area contributed by atoms with Crippen LogP contribution in [0.25, 0.3) is 0 Å². The minimum absolute atomic E-state index is 0.338. The van der Waals surface area contributed by atoms with E-state index in [9.17, 15) is 0 Å². The van der Waals surface area contributed by atoms with Crippen LogP contribution in [0.4, 0.5) is 0 Å². The van der Waals surface area contributed by atoms with Crippen LogP contribution in [0.3, 0.4) is 0 Å². The quantitative estimate of drug-likeness (QED) is 0.711. The van der Waals surface area contributed by atoms with E-state index >= 15 is 0 Å². The van der Waals surface area contributed by atoms with Crippen molar-refractivity contribution in [1.29, 1.82) is 0 Å².